The molecule has 0 bridgehead atoms. The van der Waals surface area contributed by atoms with Crippen molar-refractivity contribution in [3.05, 3.63) is 72.0 Å². The minimum absolute atomic E-state index is 0.00182. The van der Waals surface area contributed by atoms with Crippen LogP contribution in [0.2, 0.25) is 0 Å². The van der Waals surface area contributed by atoms with Gasteiger partial charge in [0.1, 0.15) is 23.2 Å². The lowest BCUT2D eigenvalue weighted by molar-refractivity contribution is -0.140. The maximum Gasteiger partial charge on any atom is 0.245 e. The molecule has 2 fully saturated rings. The Morgan fingerprint density at radius 3 is 2.61 bits per heavy atom. The topological polar surface area (TPSA) is 108 Å². The molecule has 38 heavy (non-hydrogen) atoms. The van der Waals surface area contributed by atoms with Gasteiger partial charge in [0.2, 0.25) is 11.8 Å². The number of amides is 2. The molecular weight excluding hydrogens is 482 g/mol. The highest BCUT2D eigenvalue weighted by molar-refractivity contribution is 6.05. The summed E-state index contributed by atoms with van der Waals surface area (Å²) in [6, 6.07) is 10.4. The van der Waals surface area contributed by atoms with Crippen LogP contribution in [0.1, 0.15) is 48.2 Å². The first-order valence-electron chi connectivity index (χ1n) is 13.2. The van der Waals surface area contributed by atoms with E-state index in [4.69, 9.17) is 4.42 Å². The van der Waals surface area contributed by atoms with Crippen LogP contribution >= 0.6 is 0 Å². The van der Waals surface area contributed by atoms with E-state index in [1.54, 1.807) is 29.4 Å². The van der Waals surface area contributed by atoms with Crippen molar-refractivity contribution >= 4 is 34.3 Å². The standard InChI is InChI=1S/C29H33N5O4/c1-20-16-22-17-23(7-8-26(22)38-20)31-27(18-25(35)21-9-11-30-12-10-21)32-24-6-2-3-15-34(29(24)37)19-28(36)33-13-4-5-14-33/h7-12,16-18,24,31-32H,2-6,13-15,19H2,1H3/t24-/m0/s1. The van der Waals surface area contributed by atoms with Gasteiger partial charge in [-0.15, -0.1) is 0 Å². The predicted molar refractivity (Wildman–Crippen MR) is 144 cm³/mol. The summed E-state index contributed by atoms with van der Waals surface area (Å²) in [7, 11) is 0. The fraction of sp³-hybridized carbons (Fsp3) is 0.379. The predicted octanol–water partition coefficient (Wildman–Crippen LogP) is 3.87. The van der Waals surface area contributed by atoms with Crippen LogP contribution in [0.15, 0.2) is 65.1 Å². The van der Waals surface area contributed by atoms with Gasteiger partial charge < -0.3 is 24.9 Å². The van der Waals surface area contributed by atoms with Crippen molar-refractivity contribution in [2.75, 3.05) is 31.5 Å². The Labute approximate surface area is 221 Å². The lowest BCUT2D eigenvalue weighted by Crippen LogP contribution is -2.49. The highest BCUT2D eigenvalue weighted by atomic mass is 16.3. The van der Waals surface area contributed by atoms with Crippen LogP contribution in [0.5, 0.6) is 0 Å². The number of fused-ring (bicyclic) bond motifs is 1. The summed E-state index contributed by atoms with van der Waals surface area (Å²) in [4.78, 5) is 46.9. The minimum Gasteiger partial charge on any atom is -0.461 e. The zero-order valence-electron chi connectivity index (χ0n) is 21.6. The largest absolute Gasteiger partial charge is 0.461 e. The lowest BCUT2D eigenvalue weighted by Gasteiger charge is -2.27. The SMILES string of the molecule is Cc1cc2cc(NC(=CC(=O)c3ccncc3)N[C@H]3CCCCN(CC(=O)N4CCCC4)C3=O)ccc2o1. The lowest BCUT2D eigenvalue weighted by atomic mass is 10.1. The van der Waals surface area contributed by atoms with E-state index in [-0.39, 0.29) is 24.1 Å². The minimum atomic E-state index is -0.562. The fourth-order valence-electron chi connectivity index (χ4n) is 5.07. The van der Waals surface area contributed by atoms with E-state index < -0.39 is 6.04 Å². The summed E-state index contributed by atoms with van der Waals surface area (Å²) in [6.07, 6.45) is 8.91. The van der Waals surface area contributed by atoms with Gasteiger partial charge in [0.05, 0.1) is 6.54 Å². The van der Waals surface area contributed by atoms with Gasteiger partial charge in [-0.25, -0.2) is 0 Å². The van der Waals surface area contributed by atoms with Crippen LogP contribution in [0.3, 0.4) is 0 Å². The summed E-state index contributed by atoms with van der Waals surface area (Å²) in [5.41, 5.74) is 2.02. The molecule has 3 aromatic rings. The van der Waals surface area contributed by atoms with Crippen molar-refractivity contribution in [2.45, 2.75) is 45.1 Å². The average Bonchev–Trinajstić information content (AvgIpc) is 3.55. The average molecular weight is 516 g/mol. The zero-order valence-corrected chi connectivity index (χ0v) is 21.6. The van der Waals surface area contributed by atoms with E-state index in [1.807, 2.05) is 36.1 Å². The Bertz CT molecular complexity index is 1340. The molecule has 2 N–H and O–H groups in total. The molecule has 0 radical (unpaired) electrons. The third-order valence-corrected chi connectivity index (χ3v) is 7.05. The molecular formula is C29H33N5O4. The summed E-state index contributed by atoms with van der Waals surface area (Å²) in [5, 5.41) is 7.53. The molecule has 2 saturated heterocycles. The number of aryl methyl sites for hydroxylation is 1. The number of carbonyl (C=O) groups excluding carboxylic acids is 3. The molecule has 198 valence electrons. The zero-order chi connectivity index (χ0) is 26.5. The molecule has 2 aliphatic heterocycles. The smallest absolute Gasteiger partial charge is 0.245 e. The maximum atomic E-state index is 13.5. The Morgan fingerprint density at radius 2 is 1.82 bits per heavy atom. The van der Waals surface area contributed by atoms with Gasteiger partial charge >= 0.3 is 0 Å². The normalized spacial score (nSPS) is 18.5. The van der Waals surface area contributed by atoms with Crippen LogP contribution in [0.4, 0.5) is 5.69 Å². The highest BCUT2D eigenvalue weighted by Gasteiger charge is 2.30. The van der Waals surface area contributed by atoms with Gasteiger partial charge in [0, 0.05) is 54.7 Å². The molecule has 1 atom stereocenters. The second kappa shape index (κ2) is 11.5. The molecule has 0 aliphatic carbocycles. The molecule has 0 unspecified atom stereocenters. The number of pyridine rings is 1. The molecule has 2 aromatic heterocycles. The number of hydrogen-bond acceptors (Lipinski definition) is 7. The van der Waals surface area contributed by atoms with E-state index >= 15 is 0 Å². The Hall–Kier alpha value is -4.14. The Balaban J connectivity index is 1.37. The quantitative estimate of drug-likeness (QED) is 0.346. The molecule has 9 heteroatoms. The van der Waals surface area contributed by atoms with Crippen LogP contribution < -0.4 is 10.6 Å². The molecule has 9 nitrogen and oxygen atoms in total. The van der Waals surface area contributed by atoms with E-state index in [0.29, 0.717) is 24.4 Å². The number of ketones is 1. The van der Waals surface area contributed by atoms with E-state index in [0.717, 1.165) is 61.2 Å². The van der Waals surface area contributed by atoms with Crippen LogP contribution in [0, 0.1) is 6.92 Å². The summed E-state index contributed by atoms with van der Waals surface area (Å²) in [6.45, 7) is 4.06. The highest BCUT2D eigenvalue weighted by Crippen LogP contribution is 2.24. The number of allylic oxidation sites excluding steroid dienone is 1. The number of furan rings is 1. The van der Waals surface area contributed by atoms with Crippen LogP contribution in [-0.2, 0) is 9.59 Å². The van der Waals surface area contributed by atoms with E-state index in [2.05, 4.69) is 15.6 Å². The van der Waals surface area contributed by atoms with Gasteiger partial charge in [-0.05, 0) is 75.4 Å². The van der Waals surface area contributed by atoms with Crippen molar-refractivity contribution < 1.29 is 18.8 Å². The summed E-state index contributed by atoms with van der Waals surface area (Å²) < 4.78 is 5.68. The molecule has 4 heterocycles. The third-order valence-electron chi connectivity index (χ3n) is 7.05. The van der Waals surface area contributed by atoms with Gasteiger partial charge in [-0.1, -0.05) is 0 Å². The molecule has 2 aliphatic rings. The second-order valence-electron chi connectivity index (χ2n) is 9.93. The first kappa shape index (κ1) is 25.5. The molecule has 2 amide bonds. The molecule has 1 aromatic carbocycles. The molecule has 0 saturated carbocycles. The van der Waals surface area contributed by atoms with E-state index in [9.17, 15) is 14.4 Å². The molecule has 5 rings (SSSR count). The van der Waals surface area contributed by atoms with Crippen LogP contribution in [0.25, 0.3) is 11.0 Å². The summed E-state index contributed by atoms with van der Waals surface area (Å²) in [5.74, 6) is 0.885. The van der Waals surface area contributed by atoms with Crippen molar-refractivity contribution in [3.63, 3.8) is 0 Å². The van der Waals surface area contributed by atoms with Gasteiger partial charge in [0.15, 0.2) is 5.78 Å². The maximum absolute atomic E-state index is 13.5. The molecule has 0 spiro atoms. The summed E-state index contributed by atoms with van der Waals surface area (Å²) >= 11 is 0. The number of nitrogens with one attached hydrogen (secondary N) is 2. The number of anilines is 1. The monoisotopic (exact) mass is 515 g/mol. The van der Waals surface area contributed by atoms with Gasteiger partial charge in [-0.2, -0.15) is 0 Å². The number of carbonyl (C=O) groups is 3. The number of aromatic nitrogens is 1. The van der Waals surface area contributed by atoms with Gasteiger partial charge in [-0.3, -0.25) is 19.4 Å². The number of rotatable bonds is 8. The Kier molecular flexibility index (Phi) is 7.72. The van der Waals surface area contributed by atoms with Crippen molar-refractivity contribution in [1.29, 1.82) is 0 Å². The van der Waals surface area contributed by atoms with E-state index in [1.165, 1.54) is 6.08 Å². The number of nitrogens with zero attached hydrogens (tertiary/aromatic N) is 3. The van der Waals surface area contributed by atoms with Crippen molar-refractivity contribution in [1.82, 2.24) is 20.1 Å². The number of benzene rings is 1. The van der Waals surface area contributed by atoms with Crippen LogP contribution in [-0.4, -0.2) is 64.6 Å². The van der Waals surface area contributed by atoms with Crippen molar-refractivity contribution in [3.8, 4) is 0 Å². The van der Waals surface area contributed by atoms with Crippen molar-refractivity contribution in [2.24, 2.45) is 0 Å². The fourth-order valence-corrected chi connectivity index (χ4v) is 5.07. The first-order chi connectivity index (χ1) is 18.5. The first-order valence-corrected chi connectivity index (χ1v) is 13.2. The van der Waals surface area contributed by atoms with Gasteiger partial charge in [0.25, 0.3) is 0 Å². The third kappa shape index (κ3) is 6.04. The second-order valence-corrected chi connectivity index (χ2v) is 9.93. The number of likely N-dealkylation sites (tertiary alicyclic amines) is 2. The Morgan fingerprint density at radius 1 is 1.05 bits per heavy atom. The number of hydrogen-bond donors (Lipinski definition) is 2.